The molecule has 0 bridgehead atoms. The van der Waals surface area contributed by atoms with Crippen molar-refractivity contribution in [2.75, 3.05) is 16.0 Å². The minimum Gasteiger partial charge on any atom is -0.380 e. The summed E-state index contributed by atoms with van der Waals surface area (Å²) < 4.78 is 0.824. The maximum Gasteiger partial charge on any atom is 0.255 e. The van der Waals surface area contributed by atoms with E-state index in [2.05, 4.69) is 27.9 Å². The second-order valence-corrected chi connectivity index (χ2v) is 11.4. The van der Waals surface area contributed by atoms with Gasteiger partial charge in [-0.05, 0) is 59.9 Å². The molecule has 216 valence electrons. The summed E-state index contributed by atoms with van der Waals surface area (Å²) in [4.78, 5) is 28.0. The average Bonchev–Trinajstić information content (AvgIpc) is 2.99. The summed E-state index contributed by atoms with van der Waals surface area (Å²) in [6.07, 6.45) is 0.191. The van der Waals surface area contributed by atoms with Gasteiger partial charge in [0, 0.05) is 17.2 Å². The Kier molecular flexibility index (Phi) is 10.7. The third-order valence-corrected chi connectivity index (χ3v) is 8.27. The molecule has 4 atom stereocenters. The molecular formula is C30H31Cl2IN4O4. The van der Waals surface area contributed by atoms with Gasteiger partial charge in [0.25, 0.3) is 11.8 Å². The van der Waals surface area contributed by atoms with Gasteiger partial charge in [-0.1, -0.05) is 94.3 Å². The molecule has 4 rings (SSSR count). The molecule has 5 N–H and O–H groups in total. The number of anilines is 1. The van der Waals surface area contributed by atoms with Gasteiger partial charge in [0.05, 0.1) is 27.8 Å². The lowest BCUT2D eigenvalue weighted by Crippen LogP contribution is -2.53. The number of rotatable bonds is 9. The second-order valence-electron chi connectivity index (χ2n) is 9.72. The minimum atomic E-state index is -1.98. The van der Waals surface area contributed by atoms with Crippen molar-refractivity contribution >= 4 is 63.3 Å². The van der Waals surface area contributed by atoms with Crippen molar-refractivity contribution in [3.05, 3.63) is 111 Å². The highest BCUT2D eigenvalue weighted by molar-refractivity contribution is 14.1. The van der Waals surface area contributed by atoms with Crippen LogP contribution < -0.4 is 16.2 Å². The number of halogens is 3. The molecule has 41 heavy (non-hydrogen) atoms. The van der Waals surface area contributed by atoms with Crippen molar-refractivity contribution in [2.24, 2.45) is 5.84 Å². The van der Waals surface area contributed by atoms with Gasteiger partial charge in [0.2, 0.25) is 0 Å². The zero-order valence-corrected chi connectivity index (χ0v) is 25.9. The molecule has 0 aromatic heterocycles. The molecule has 0 radical (unpaired) electrons. The second kappa shape index (κ2) is 14.0. The van der Waals surface area contributed by atoms with E-state index < -0.39 is 36.1 Å². The molecule has 0 aliphatic carbocycles. The first-order valence-corrected chi connectivity index (χ1v) is 15.3. The molecular weight excluding hydrogens is 678 g/mol. The van der Waals surface area contributed by atoms with Gasteiger partial charge < -0.3 is 20.4 Å². The van der Waals surface area contributed by atoms with Crippen LogP contribution in [0.3, 0.4) is 0 Å². The zero-order valence-electron chi connectivity index (χ0n) is 22.3. The zero-order chi connectivity index (χ0) is 29.7. The fraction of sp³-hybridized carbons (Fsp3) is 0.267. The number of alkyl halides is 1. The number of fused-ring (bicyclic) bond motifs is 1. The van der Waals surface area contributed by atoms with Crippen LogP contribution in [0.25, 0.3) is 0 Å². The number of nitrogens with two attached hydrogens (primary N) is 1. The number of hydrazine groups is 1. The normalized spacial score (nSPS) is 17.0. The number of hydrogen-bond acceptors (Lipinski definition) is 6. The Balaban J connectivity index is 1.49. The Morgan fingerprint density at radius 2 is 1.76 bits per heavy atom. The topological polar surface area (TPSA) is 119 Å². The summed E-state index contributed by atoms with van der Waals surface area (Å²) in [6, 6.07) is 18.9. The Bertz CT molecular complexity index is 1410. The number of aliphatic hydroxyl groups is 2. The van der Waals surface area contributed by atoms with Crippen LogP contribution in [0.2, 0.25) is 10.0 Å². The summed E-state index contributed by atoms with van der Waals surface area (Å²) in [7, 11) is 0. The Labute approximate surface area is 262 Å². The molecule has 3 aromatic rings. The molecule has 1 unspecified atom stereocenters. The third-order valence-electron chi connectivity index (χ3n) is 7.03. The molecule has 1 aliphatic rings. The number of hydrogen-bond donors (Lipinski definition) is 4. The number of carbonyl (C=O) groups is 2. The number of benzene rings is 3. The summed E-state index contributed by atoms with van der Waals surface area (Å²) >= 11 is 14.8. The van der Waals surface area contributed by atoms with Crippen molar-refractivity contribution in [2.45, 2.75) is 37.6 Å². The highest BCUT2D eigenvalue weighted by Crippen LogP contribution is 2.39. The van der Waals surface area contributed by atoms with Crippen LogP contribution in [0, 0.1) is 0 Å². The van der Waals surface area contributed by atoms with E-state index in [9.17, 15) is 19.8 Å². The van der Waals surface area contributed by atoms with E-state index in [0.29, 0.717) is 16.5 Å². The predicted octanol–water partition coefficient (Wildman–Crippen LogP) is 4.70. The molecule has 11 heteroatoms. The lowest BCUT2D eigenvalue weighted by atomic mass is 9.87. The van der Waals surface area contributed by atoms with Crippen molar-refractivity contribution in [1.82, 2.24) is 10.2 Å². The molecule has 3 aromatic carbocycles. The molecule has 8 nitrogen and oxygen atoms in total. The number of nitrogens with one attached hydrogen (secondary N) is 1. The van der Waals surface area contributed by atoms with Gasteiger partial charge in [-0.2, -0.15) is 0 Å². The highest BCUT2D eigenvalue weighted by Gasteiger charge is 2.39. The first kappa shape index (κ1) is 31.3. The lowest BCUT2D eigenvalue weighted by molar-refractivity contribution is -0.155. The van der Waals surface area contributed by atoms with Gasteiger partial charge in [0.15, 0.2) is 12.2 Å². The summed E-state index contributed by atoms with van der Waals surface area (Å²) in [5.74, 6) is 4.37. The smallest absolute Gasteiger partial charge is 0.255 e. The van der Waals surface area contributed by atoms with Gasteiger partial charge in [0.1, 0.15) is 0 Å². The van der Waals surface area contributed by atoms with Crippen LogP contribution in [0.5, 0.6) is 0 Å². The number of amides is 2. The first-order valence-electron chi connectivity index (χ1n) is 13.0. The molecule has 0 saturated heterocycles. The fourth-order valence-electron chi connectivity index (χ4n) is 4.85. The third kappa shape index (κ3) is 7.22. The standard InChI is InChI=1S/C30H31Cl2IN4O4/c1-18(19-8-10-22(11-9-19)37(34)14-5-13-33)35-29(40)27(38)28(39)30(41)36-15-12-21-16-24(31)25(32)17-23(21)26(36)20-6-3-2-4-7-20/h2-11,14,16-18,26-28,38-39H,12-13,15,34H2,1H3,(H,35,40)/b14-5-/t18-,26?,27-,28-/m1/s1. The number of nitrogens with zero attached hydrogens (tertiary/aromatic N) is 2. The molecule has 1 aliphatic heterocycles. The van der Waals surface area contributed by atoms with Crippen LogP contribution in [0.4, 0.5) is 5.69 Å². The van der Waals surface area contributed by atoms with E-state index in [1.807, 2.05) is 48.5 Å². The minimum absolute atomic E-state index is 0.253. The first-order chi connectivity index (χ1) is 19.6. The Morgan fingerprint density at radius 1 is 1.10 bits per heavy atom. The fourth-order valence-corrected chi connectivity index (χ4v) is 5.44. The van der Waals surface area contributed by atoms with E-state index >= 15 is 0 Å². The Hall–Kier alpha value is -2.67. The average molecular weight is 709 g/mol. The molecule has 0 fully saturated rings. The number of aliphatic hydroxyl groups excluding tert-OH is 2. The maximum atomic E-state index is 13.6. The van der Waals surface area contributed by atoms with Crippen LogP contribution in [0.15, 0.2) is 79.0 Å². The summed E-state index contributed by atoms with van der Waals surface area (Å²) in [5, 5.41) is 26.6. The van der Waals surface area contributed by atoms with Crippen LogP contribution in [0.1, 0.15) is 41.3 Å². The van der Waals surface area contributed by atoms with Crippen molar-refractivity contribution in [1.29, 1.82) is 0 Å². The largest absolute Gasteiger partial charge is 0.380 e. The van der Waals surface area contributed by atoms with Crippen molar-refractivity contribution in [3.63, 3.8) is 0 Å². The molecule has 0 saturated carbocycles. The van der Waals surface area contributed by atoms with Gasteiger partial charge >= 0.3 is 0 Å². The quantitative estimate of drug-likeness (QED) is 0.111. The Morgan fingerprint density at radius 3 is 2.41 bits per heavy atom. The molecule has 1 heterocycles. The summed E-state index contributed by atoms with van der Waals surface area (Å²) in [5.41, 5.74) is 4.02. The van der Waals surface area contributed by atoms with Crippen LogP contribution in [-0.4, -0.2) is 50.1 Å². The van der Waals surface area contributed by atoms with E-state index in [0.717, 1.165) is 32.4 Å². The SMILES string of the molecule is C[C@@H](NC(=O)[C@H](O)[C@@H](O)C(=O)N1CCc2cc(Cl)c(Cl)cc2C1c1ccccc1)c1ccc(N(N)/C=C\CI)cc1. The van der Waals surface area contributed by atoms with Gasteiger partial charge in [-0.3, -0.25) is 14.6 Å². The number of carbonyl (C=O) groups excluding carboxylic acids is 2. The summed E-state index contributed by atoms with van der Waals surface area (Å²) in [6.45, 7) is 1.99. The van der Waals surface area contributed by atoms with E-state index in [1.54, 1.807) is 37.4 Å². The maximum absolute atomic E-state index is 13.6. The van der Waals surface area contributed by atoms with Crippen molar-refractivity contribution in [3.8, 4) is 0 Å². The number of allylic oxidation sites excluding steroid dienone is 1. The molecule has 2 amide bonds. The molecule has 0 spiro atoms. The lowest BCUT2D eigenvalue weighted by Gasteiger charge is -2.39. The van der Waals surface area contributed by atoms with Crippen LogP contribution >= 0.6 is 45.8 Å². The van der Waals surface area contributed by atoms with E-state index in [4.69, 9.17) is 29.0 Å². The van der Waals surface area contributed by atoms with E-state index in [-0.39, 0.29) is 6.54 Å². The highest BCUT2D eigenvalue weighted by atomic mass is 127. The van der Waals surface area contributed by atoms with E-state index in [1.165, 1.54) is 9.91 Å². The van der Waals surface area contributed by atoms with Crippen molar-refractivity contribution < 1.29 is 19.8 Å². The van der Waals surface area contributed by atoms with Crippen LogP contribution in [-0.2, 0) is 16.0 Å². The van der Waals surface area contributed by atoms with Gasteiger partial charge in [-0.25, -0.2) is 5.84 Å². The van der Waals surface area contributed by atoms with Gasteiger partial charge in [-0.15, -0.1) is 0 Å². The predicted molar refractivity (Wildman–Crippen MR) is 170 cm³/mol. The monoisotopic (exact) mass is 708 g/mol.